The summed E-state index contributed by atoms with van der Waals surface area (Å²) in [6, 6.07) is 7.84. The van der Waals surface area contributed by atoms with Crippen molar-refractivity contribution < 1.29 is 4.79 Å². The Balaban J connectivity index is 2.54. The SMILES string of the molecule is NC(=O)c1cncc2c1[nH]c1ccccc12. The summed E-state index contributed by atoms with van der Waals surface area (Å²) >= 11 is 0. The molecule has 78 valence electrons. The van der Waals surface area contributed by atoms with Gasteiger partial charge in [0.2, 0.25) is 0 Å². The third-order valence-electron chi connectivity index (χ3n) is 2.69. The number of H-pyrrole nitrogens is 1. The quantitative estimate of drug-likeness (QED) is 0.644. The predicted molar refractivity (Wildman–Crippen MR) is 62.1 cm³/mol. The van der Waals surface area contributed by atoms with Crippen LogP contribution in [0.4, 0.5) is 0 Å². The summed E-state index contributed by atoms with van der Waals surface area (Å²) in [6.45, 7) is 0. The van der Waals surface area contributed by atoms with Crippen molar-refractivity contribution >= 4 is 27.7 Å². The van der Waals surface area contributed by atoms with Gasteiger partial charge in [0.25, 0.3) is 5.91 Å². The summed E-state index contributed by atoms with van der Waals surface area (Å²) in [7, 11) is 0. The van der Waals surface area contributed by atoms with Crippen molar-refractivity contribution in [1.82, 2.24) is 9.97 Å². The normalized spacial score (nSPS) is 11.0. The fourth-order valence-electron chi connectivity index (χ4n) is 1.95. The summed E-state index contributed by atoms with van der Waals surface area (Å²) < 4.78 is 0. The van der Waals surface area contributed by atoms with E-state index in [2.05, 4.69) is 9.97 Å². The van der Waals surface area contributed by atoms with Gasteiger partial charge in [0, 0.05) is 28.7 Å². The molecule has 3 rings (SSSR count). The Kier molecular flexibility index (Phi) is 1.71. The molecule has 0 radical (unpaired) electrons. The molecule has 0 aliphatic rings. The van der Waals surface area contributed by atoms with Gasteiger partial charge in [0.05, 0.1) is 11.1 Å². The number of nitrogens with two attached hydrogens (primary N) is 1. The molecule has 2 heterocycles. The number of para-hydroxylation sites is 1. The van der Waals surface area contributed by atoms with Gasteiger partial charge in [-0.3, -0.25) is 9.78 Å². The smallest absolute Gasteiger partial charge is 0.252 e. The number of amides is 1. The molecule has 0 spiro atoms. The highest BCUT2D eigenvalue weighted by molar-refractivity contribution is 6.14. The number of pyridine rings is 1. The molecular formula is C12H9N3O. The van der Waals surface area contributed by atoms with E-state index in [0.29, 0.717) is 5.56 Å². The molecule has 0 aliphatic heterocycles. The van der Waals surface area contributed by atoms with Crippen molar-refractivity contribution in [2.24, 2.45) is 5.73 Å². The van der Waals surface area contributed by atoms with Gasteiger partial charge >= 0.3 is 0 Å². The van der Waals surface area contributed by atoms with Gasteiger partial charge in [-0.05, 0) is 6.07 Å². The molecule has 16 heavy (non-hydrogen) atoms. The fraction of sp³-hybridized carbons (Fsp3) is 0. The van der Waals surface area contributed by atoms with E-state index in [1.807, 2.05) is 24.3 Å². The van der Waals surface area contributed by atoms with Crippen LogP contribution in [0.2, 0.25) is 0 Å². The van der Waals surface area contributed by atoms with Crippen LogP contribution in [0.15, 0.2) is 36.7 Å². The van der Waals surface area contributed by atoms with Crippen molar-refractivity contribution in [2.75, 3.05) is 0 Å². The van der Waals surface area contributed by atoms with Crippen LogP contribution in [0, 0.1) is 0 Å². The highest BCUT2D eigenvalue weighted by Gasteiger charge is 2.11. The van der Waals surface area contributed by atoms with Gasteiger partial charge in [-0.1, -0.05) is 18.2 Å². The van der Waals surface area contributed by atoms with Gasteiger partial charge in [0.15, 0.2) is 0 Å². The van der Waals surface area contributed by atoms with Gasteiger partial charge in [-0.25, -0.2) is 0 Å². The number of hydrogen-bond donors (Lipinski definition) is 2. The number of nitrogens with zero attached hydrogens (tertiary/aromatic N) is 1. The van der Waals surface area contributed by atoms with Gasteiger partial charge in [-0.15, -0.1) is 0 Å². The first-order valence-corrected chi connectivity index (χ1v) is 4.91. The van der Waals surface area contributed by atoms with Gasteiger partial charge in [-0.2, -0.15) is 0 Å². The predicted octanol–water partition coefficient (Wildman–Crippen LogP) is 1.81. The molecule has 0 bridgehead atoms. The van der Waals surface area contributed by atoms with Gasteiger partial charge in [0.1, 0.15) is 0 Å². The number of hydrogen-bond acceptors (Lipinski definition) is 2. The minimum atomic E-state index is -0.468. The number of aromatic amines is 1. The van der Waals surface area contributed by atoms with E-state index in [1.54, 1.807) is 6.20 Å². The first-order chi connectivity index (χ1) is 7.77. The monoisotopic (exact) mass is 211 g/mol. The summed E-state index contributed by atoms with van der Waals surface area (Å²) in [5, 5.41) is 1.97. The summed E-state index contributed by atoms with van der Waals surface area (Å²) in [5.74, 6) is -0.468. The zero-order valence-electron chi connectivity index (χ0n) is 8.40. The summed E-state index contributed by atoms with van der Waals surface area (Å²) in [5.41, 5.74) is 7.46. The lowest BCUT2D eigenvalue weighted by Gasteiger charge is -1.96. The lowest BCUT2D eigenvalue weighted by Crippen LogP contribution is -2.11. The molecule has 0 saturated heterocycles. The number of rotatable bonds is 1. The topological polar surface area (TPSA) is 71.8 Å². The summed E-state index contributed by atoms with van der Waals surface area (Å²) in [6.07, 6.45) is 3.22. The molecule has 4 heteroatoms. The highest BCUT2D eigenvalue weighted by Crippen LogP contribution is 2.26. The molecule has 1 amide bonds. The summed E-state index contributed by atoms with van der Waals surface area (Å²) in [4.78, 5) is 18.5. The number of nitrogens with one attached hydrogen (secondary N) is 1. The minimum Gasteiger partial charge on any atom is -0.365 e. The van der Waals surface area contributed by atoms with E-state index in [0.717, 1.165) is 21.8 Å². The van der Waals surface area contributed by atoms with Crippen molar-refractivity contribution in [1.29, 1.82) is 0 Å². The molecule has 2 aromatic heterocycles. The molecule has 0 unspecified atom stereocenters. The third kappa shape index (κ3) is 1.10. The Hall–Kier alpha value is -2.36. The molecule has 0 saturated carbocycles. The highest BCUT2D eigenvalue weighted by atomic mass is 16.1. The molecule has 3 N–H and O–H groups in total. The number of carbonyl (C=O) groups is 1. The molecule has 0 aliphatic carbocycles. The van der Waals surface area contributed by atoms with E-state index in [1.165, 1.54) is 6.20 Å². The number of carbonyl (C=O) groups excluding carboxylic acids is 1. The third-order valence-corrected chi connectivity index (χ3v) is 2.69. The van der Waals surface area contributed by atoms with Crippen LogP contribution < -0.4 is 5.73 Å². The zero-order chi connectivity index (χ0) is 11.1. The number of aromatic nitrogens is 2. The second kappa shape index (κ2) is 3.06. The molecule has 0 atom stereocenters. The maximum atomic E-state index is 11.3. The van der Waals surface area contributed by atoms with Crippen LogP contribution in [0.25, 0.3) is 21.8 Å². The van der Waals surface area contributed by atoms with E-state index in [-0.39, 0.29) is 0 Å². The second-order valence-electron chi connectivity index (χ2n) is 3.64. The Morgan fingerprint density at radius 1 is 1.19 bits per heavy atom. The first kappa shape index (κ1) is 8.91. The Morgan fingerprint density at radius 3 is 2.81 bits per heavy atom. The maximum Gasteiger partial charge on any atom is 0.252 e. The van der Waals surface area contributed by atoms with Crippen molar-refractivity contribution in [3.8, 4) is 0 Å². The van der Waals surface area contributed by atoms with Crippen molar-refractivity contribution in [3.05, 3.63) is 42.2 Å². The van der Waals surface area contributed by atoms with Gasteiger partial charge < -0.3 is 10.7 Å². The Labute approximate surface area is 91.1 Å². The average molecular weight is 211 g/mol. The van der Waals surface area contributed by atoms with Crippen LogP contribution in [-0.4, -0.2) is 15.9 Å². The number of primary amides is 1. The molecule has 1 aromatic carbocycles. The molecule has 4 nitrogen and oxygen atoms in total. The van der Waals surface area contributed by atoms with E-state index in [9.17, 15) is 4.79 Å². The number of benzene rings is 1. The van der Waals surface area contributed by atoms with E-state index < -0.39 is 5.91 Å². The van der Waals surface area contributed by atoms with E-state index >= 15 is 0 Å². The average Bonchev–Trinajstić information content (AvgIpc) is 2.67. The van der Waals surface area contributed by atoms with Crippen molar-refractivity contribution in [2.45, 2.75) is 0 Å². The Bertz CT molecular complexity index is 700. The number of fused-ring (bicyclic) bond motifs is 3. The standard InChI is InChI=1S/C12H9N3O/c13-12(16)9-6-14-5-8-7-3-1-2-4-10(7)15-11(8)9/h1-6,15H,(H2,13,16). The maximum absolute atomic E-state index is 11.3. The lowest BCUT2D eigenvalue weighted by atomic mass is 10.1. The molecule has 0 fully saturated rings. The lowest BCUT2D eigenvalue weighted by molar-refractivity contribution is 0.100. The first-order valence-electron chi connectivity index (χ1n) is 4.91. The van der Waals surface area contributed by atoms with Crippen LogP contribution in [0.5, 0.6) is 0 Å². The minimum absolute atomic E-state index is 0.425. The van der Waals surface area contributed by atoms with Crippen LogP contribution in [0.1, 0.15) is 10.4 Å². The zero-order valence-corrected chi connectivity index (χ0v) is 8.40. The fourth-order valence-corrected chi connectivity index (χ4v) is 1.95. The Morgan fingerprint density at radius 2 is 2.00 bits per heavy atom. The van der Waals surface area contributed by atoms with Crippen molar-refractivity contribution in [3.63, 3.8) is 0 Å². The molecular weight excluding hydrogens is 202 g/mol. The van der Waals surface area contributed by atoms with E-state index in [4.69, 9.17) is 5.73 Å². The largest absolute Gasteiger partial charge is 0.365 e. The van der Waals surface area contributed by atoms with Crippen LogP contribution in [0.3, 0.4) is 0 Å². The molecule has 3 aromatic rings. The second-order valence-corrected chi connectivity index (χ2v) is 3.64. The van der Waals surface area contributed by atoms with Crippen LogP contribution >= 0.6 is 0 Å². The van der Waals surface area contributed by atoms with Crippen LogP contribution in [-0.2, 0) is 0 Å².